The summed E-state index contributed by atoms with van der Waals surface area (Å²) in [5.41, 5.74) is 2.16. The quantitative estimate of drug-likeness (QED) is 0.699. The molecule has 0 bridgehead atoms. The highest BCUT2D eigenvalue weighted by atomic mass is 32.2. The molecule has 1 spiro atoms. The molecule has 0 aromatic heterocycles. The summed E-state index contributed by atoms with van der Waals surface area (Å²) in [6, 6.07) is 9.98. The summed E-state index contributed by atoms with van der Waals surface area (Å²) in [5, 5.41) is 14.4. The van der Waals surface area contributed by atoms with Gasteiger partial charge in [0.15, 0.2) is 5.75 Å². The van der Waals surface area contributed by atoms with Gasteiger partial charge >= 0.3 is 0 Å². The monoisotopic (exact) mass is 285 g/mol. The van der Waals surface area contributed by atoms with Crippen LogP contribution in [0, 0.1) is 0 Å². The second-order valence-electron chi connectivity index (χ2n) is 5.30. The van der Waals surface area contributed by atoms with Gasteiger partial charge < -0.3 is 0 Å². The lowest BCUT2D eigenvalue weighted by atomic mass is 9.73. The molecular formula is C16H13OS2. The fraction of sp³-hybridized carbons (Fsp3) is 0.250. The van der Waals surface area contributed by atoms with E-state index in [1.807, 2.05) is 23.9 Å². The lowest BCUT2D eigenvalue weighted by Crippen LogP contribution is -2.28. The van der Waals surface area contributed by atoms with Crippen LogP contribution in [-0.4, -0.2) is 11.5 Å². The predicted octanol–water partition coefficient (Wildman–Crippen LogP) is 4.64. The summed E-state index contributed by atoms with van der Waals surface area (Å²) in [6.07, 6.45) is 3.13. The molecule has 1 fully saturated rings. The third-order valence-electron chi connectivity index (χ3n) is 4.35. The molecule has 19 heavy (non-hydrogen) atoms. The summed E-state index contributed by atoms with van der Waals surface area (Å²) in [7, 11) is 0. The molecule has 1 atom stereocenters. The van der Waals surface area contributed by atoms with Crippen molar-refractivity contribution in [1.29, 1.82) is 0 Å². The maximum atomic E-state index is 12.1. The van der Waals surface area contributed by atoms with E-state index in [1.165, 1.54) is 16.7 Å². The summed E-state index contributed by atoms with van der Waals surface area (Å²) < 4.78 is 0. The van der Waals surface area contributed by atoms with Crippen molar-refractivity contribution < 1.29 is 5.11 Å². The molecule has 95 valence electrons. The van der Waals surface area contributed by atoms with E-state index in [9.17, 15) is 5.11 Å². The summed E-state index contributed by atoms with van der Waals surface area (Å²) in [6.45, 7) is 0. The van der Waals surface area contributed by atoms with Crippen molar-refractivity contribution in [1.82, 2.24) is 0 Å². The summed E-state index contributed by atoms with van der Waals surface area (Å²) >= 11 is 6.71. The molecule has 1 nitrogen and oxygen atoms in total. The number of hydrogen-bond donors (Lipinski definition) is 1. The minimum atomic E-state index is 0.0358. The zero-order valence-corrected chi connectivity index (χ0v) is 12.1. The van der Waals surface area contributed by atoms with Crippen LogP contribution in [0.25, 0.3) is 16.8 Å². The minimum Gasteiger partial charge on any atom is -0.289 e. The Morgan fingerprint density at radius 1 is 1.21 bits per heavy atom. The Hall–Kier alpha value is -1.06. The van der Waals surface area contributed by atoms with Crippen molar-refractivity contribution in [2.75, 3.05) is 11.5 Å². The first-order valence-electron chi connectivity index (χ1n) is 6.44. The van der Waals surface area contributed by atoms with E-state index in [1.54, 1.807) is 6.07 Å². The third kappa shape index (κ3) is 1.46. The molecule has 1 heterocycles. The van der Waals surface area contributed by atoms with Gasteiger partial charge in [-0.05, 0) is 45.6 Å². The number of allylic oxidation sites excluding steroid dienone is 1. The van der Waals surface area contributed by atoms with Crippen LogP contribution in [0.4, 0.5) is 0 Å². The standard InChI is InChI=1S/C16H13OS2/c17-13-5-4-10-2-1-3-12-15(10)11(13)8-14(18)16(12)6-7-19-9-16/h1-5,8,18H,6-7,9H2. The first-order valence-corrected chi connectivity index (χ1v) is 8.05. The largest absolute Gasteiger partial charge is 0.289 e. The Kier molecular flexibility index (Phi) is 2.45. The normalized spacial score (nSPS) is 25.0. The van der Waals surface area contributed by atoms with Crippen molar-refractivity contribution in [3.05, 3.63) is 46.4 Å². The number of thiol groups is 1. The Morgan fingerprint density at radius 3 is 2.89 bits per heavy atom. The van der Waals surface area contributed by atoms with E-state index in [0.717, 1.165) is 28.0 Å². The van der Waals surface area contributed by atoms with Crippen LogP contribution >= 0.6 is 24.4 Å². The van der Waals surface area contributed by atoms with Gasteiger partial charge in [0.25, 0.3) is 0 Å². The van der Waals surface area contributed by atoms with Crippen LogP contribution in [0.1, 0.15) is 17.5 Å². The molecule has 1 radical (unpaired) electrons. The van der Waals surface area contributed by atoms with Gasteiger partial charge in [-0.15, -0.1) is 12.6 Å². The number of fused-ring (bicyclic) bond motifs is 1. The third-order valence-corrected chi connectivity index (χ3v) is 6.10. The molecule has 0 N–H and O–H groups in total. The number of thioether (sulfide) groups is 1. The van der Waals surface area contributed by atoms with E-state index in [4.69, 9.17) is 12.6 Å². The zero-order valence-electron chi connectivity index (χ0n) is 10.3. The van der Waals surface area contributed by atoms with E-state index in [-0.39, 0.29) is 11.2 Å². The van der Waals surface area contributed by atoms with Crippen molar-refractivity contribution in [2.24, 2.45) is 0 Å². The van der Waals surface area contributed by atoms with Crippen LogP contribution in [0.2, 0.25) is 0 Å². The highest BCUT2D eigenvalue weighted by molar-refractivity contribution is 7.99. The fourth-order valence-electron chi connectivity index (χ4n) is 3.32. The van der Waals surface area contributed by atoms with Crippen molar-refractivity contribution in [3.8, 4) is 5.75 Å². The van der Waals surface area contributed by atoms with Gasteiger partial charge in [-0.3, -0.25) is 5.11 Å². The van der Waals surface area contributed by atoms with E-state index in [2.05, 4.69) is 18.2 Å². The van der Waals surface area contributed by atoms with Gasteiger partial charge in [0.1, 0.15) is 0 Å². The Bertz CT molecular complexity index is 712. The van der Waals surface area contributed by atoms with Gasteiger partial charge in [-0.1, -0.05) is 24.3 Å². The maximum Gasteiger partial charge on any atom is 0.186 e. The fourth-order valence-corrected chi connectivity index (χ4v) is 5.31. The smallest absolute Gasteiger partial charge is 0.186 e. The second kappa shape index (κ2) is 3.97. The van der Waals surface area contributed by atoms with Crippen LogP contribution in [-0.2, 0) is 10.5 Å². The zero-order chi connectivity index (χ0) is 13.0. The molecule has 1 unspecified atom stereocenters. The summed E-state index contributed by atoms with van der Waals surface area (Å²) in [5.74, 6) is 2.34. The minimum absolute atomic E-state index is 0.0358. The van der Waals surface area contributed by atoms with Gasteiger partial charge in [0.2, 0.25) is 0 Å². The average Bonchev–Trinajstić information content (AvgIpc) is 2.90. The first kappa shape index (κ1) is 11.7. The molecular weight excluding hydrogens is 272 g/mol. The Balaban J connectivity index is 2.16. The van der Waals surface area contributed by atoms with Gasteiger partial charge in [-0.25, -0.2) is 0 Å². The topological polar surface area (TPSA) is 19.9 Å². The molecule has 2 aromatic carbocycles. The molecule has 0 saturated carbocycles. The van der Waals surface area contributed by atoms with Crippen LogP contribution in [0.5, 0.6) is 5.75 Å². The van der Waals surface area contributed by atoms with E-state index >= 15 is 0 Å². The Labute approximate surface area is 122 Å². The van der Waals surface area contributed by atoms with Gasteiger partial charge in [-0.2, -0.15) is 11.8 Å². The SMILES string of the molecule is [O]c1ccc2cccc3c2c1C=C(S)C31CCSC1. The molecule has 1 aliphatic carbocycles. The lowest BCUT2D eigenvalue weighted by Gasteiger charge is -2.34. The average molecular weight is 285 g/mol. The molecule has 1 aliphatic heterocycles. The van der Waals surface area contributed by atoms with E-state index in [0.29, 0.717) is 0 Å². The summed E-state index contributed by atoms with van der Waals surface area (Å²) in [4.78, 5) is 1.06. The highest BCUT2D eigenvalue weighted by Crippen LogP contribution is 2.53. The van der Waals surface area contributed by atoms with Crippen molar-refractivity contribution in [2.45, 2.75) is 11.8 Å². The first-order chi connectivity index (χ1) is 9.22. The molecule has 2 aliphatic rings. The highest BCUT2D eigenvalue weighted by Gasteiger charge is 2.42. The van der Waals surface area contributed by atoms with E-state index < -0.39 is 0 Å². The maximum absolute atomic E-state index is 12.1. The van der Waals surface area contributed by atoms with Crippen LogP contribution in [0.15, 0.2) is 35.2 Å². The number of benzene rings is 2. The van der Waals surface area contributed by atoms with Crippen molar-refractivity contribution in [3.63, 3.8) is 0 Å². The molecule has 0 amide bonds. The molecule has 3 heteroatoms. The Morgan fingerprint density at radius 2 is 2.11 bits per heavy atom. The van der Waals surface area contributed by atoms with Crippen LogP contribution in [0.3, 0.4) is 0 Å². The number of rotatable bonds is 0. The molecule has 4 rings (SSSR count). The lowest BCUT2D eigenvalue weighted by molar-refractivity contribution is 0.354. The van der Waals surface area contributed by atoms with Gasteiger partial charge in [0.05, 0.1) is 0 Å². The second-order valence-corrected chi connectivity index (χ2v) is 6.88. The van der Waals surface area contributed by atoms with Gasteiger partial charge in [0, 0.05) is 16.7 Å². The van der Waals surface area contributed by atoms with Crippen molar-refractivity contribution >= 4 is 41.2 Å². The molecule has 2 aromatic rings. The molecule has 1 saturated heterocycles. The predicted molar refractivity (Wildman–Crippen MR) is 84.7 cm³/mol. The number of hydrogen-bond acceptors (Lipinski definition) is 2. The van der Waals surface area contributed by atoms with Crippen LogP contribution < -0.4 is 0 Å².